The van der Waals surface area contributed by atoms with Gasteiger partial charge in [0, 0.05) is 30.4 Å². The van der Waals surface area contributed by atoms with Crippen LogP contribution in [-0.2, 0) is 6.54 Å². The van der Waals surface area contributed by atoms with Crippen LogP contribution in [0.25, 0.3) is 10.7 Å². The largest absolute Gasteiger partial charge is 0.497 e. The van der Waals surface area contributed by atoms with Crippen molar-refractivity contribution in [1.29, 1.82) is 0 Å². The Balaban J connectivity index is 1.54. The number of thiazole rings is 1. The molecule has 24 heavy (non-hydrogen) atoms. The van der Waals surface area contributed by atoms with Crippen molar-refractivity contribution in [2.75, 3.05) is 13.7 Å². The Kier molecular flexibility index (Phi) is 5.53. The number of aromatic nitrogens is 2. The van der Waals surface area contributed by atoms with Gasteiger partial charge < -0.3 is 15.2 Å². The van der Waals surface area contributed by atoms with Crippen molar-refractivity contribution in [3.05, 3.63) is 65.3 Å². The number of hydrogen-bond acceptors (Lipinski definition) is 6. The second kappa shape index (κ2) is 8.01. The van der Waals surface area contributed by atoms with Crippen molar-refractivity contribution in [3.63, 3.8) is 0 Å². The van der Waals surface area contributed by atoms with Crippen molar-refractivity contribution in [2.45, 2.75) is 12.6 Å². The molecule has 1 aromatic carbocycles. The lowest BCUT2D eigenvalue weighted by molar-refractivity contribution is 0.174. The maximum absolute atomic E-state index is 10.3. The van der Waals surface area contributed by atoms with Gasteiger partial charge in [-0.25, -0.2) is 4.98 Å². The van der Waals surface area contributed by atoms with Crippen molar-refractivity contribution >= 4 is 11.3 Å². The minimum absolute atomic E-state index is 0.462. The minimum atomic E-state index is -0.580. The zero-order valence-corrected chi connectivity index (χ0v) is 14.2. The molecule has 0 amide bonds. The lowest BCUT2D eigenvalue weighted by atomic mass is 10.1. The van der Waals surface area contributed by atoms with E-state index in [0.29, 0.717) is 13.1 Å². The summed E-state index contributed by atoms with van der Waals surface area (Å²) in [5, 5.41) is 14.4. The highest BCUT2D eigenvalue weighted by Gasteiger charge is 2.09. The minimum Gasteiger partial charge on any atom is -0.497 e. The highest BCUT2D eigenvalue weighted by atomic mass is 32.1. The van der Waals surface area contributed by atoms with Gasteiger partial charge in [-0.15, -0.1) is 11.3 Å². The molecule has 2 N–H and O–H groups in total. The molecule has 1 unspecified atom stereocenters. The van der Waals surface area contributed by atoms with E-state index in [4.69, 9.17) is 4.74 Å². The number of aliphatic hydroxyl groups is 1. The molecule has 0 bridgehead atoms. The summed E-state index contributed by atoms with van der Waals surface area (Å²) in [7, 11) is 1.62. The van der Waals surface area contributed by atoms with Gasteiger partial charge in [0.05, 0.1) is 18.9 Å². The molecule has 0 aliphatic rings. The number of pyridine rings is 1. The lowest BCUT2D eigenvalue weighted by Gasteiger charge is -2.12. The average Bonchev–Trinajstić information content (AvgIpc) is 3.11. The standard InChI is InChI=1S/C18H19N3O2S/c1-23-14-6-4-5-13(9-14)17(22)12-19-10-15-11-21-18(24-15)16-7-2-3-8-20-16/h2-9,11,17,19,22H,10,12H2,1H3. The molecule has 6 heteroatoms. The third-order valence-electron chi connectivity index (χ3n) is 3.55. The van der Waals surface area contributed by atoms with Crippen LogP contribution in [0.1, 0.15) is 16.5 Å². The van der Waals surface area contributed by atoms with Gasteiger partial charge >= 0.3 is 0 Å². The van der Waals surface area contributed by atoms with E-state index in [1.165, 1.54) is 0 Å². The molecular weight excluding hydrogens is 322 g/mol. The van der Waals surface area contributed by atoms with Crippen LogP contribution in [0.3, 0.4) is 0 Å². The van der Waals surface area contributed by atoms with Gasteiger partial charge in [0.2, 0.25) is 0 Å². The number of hydrogen-bond donors (Lipinski definition) is 2. The first-order valence-electron chi connectivity index (χ1n) is 7.65. The van der Waals surface area contributed by atoms with Crippen LogP contribution < -0.4 is 10.1 Å². The normalized spacial score (nSPS) is 12.1. The Labute approximate surface area is 145 Å². The number of nitrogens with zero attached hydrogens (tertiary/aromatic N) is 2. The van der Waals surface area contributed by atoms with Gasteiger partial charge in [0.15, 0.2) is 0 Å². The Hall–Kier alpha value is -2.28. The van der Waals surface area contributed by atoms with Crippen LogP contribution in [0.15, 0.2) is 54.9 Å². The predicted octanol–water partition coefficient (Wildman–Crippen LogP) is 3.04. The van der Waals surface area contributed by atoms with E-state index < -0.39 is 6.10 Å². The molecule has 0 saturated carbocycles. The number of aliphatic hydroxyl groups excluding tert-OH is 1. The fourth-order valence-electron chi connectivity index (χ4n) is 2.30. The summed E-state index contributed by atoms with van der Waals surface area (Å²) in [6, 6.07) is 13.3. The van der Waals surface area contributed by atoms with Crippen molar-refractivity contribution in [3.8, 4) is 16.5 Å². The Bertz CT molecular complexity index is 777. The Morgan fingerprint density at radius 3 is 2.92 bits per heavy atom. The molecule has 2 heterocycles. The van der Waals surface area contributed by atoms with Crippen LogP contribution in [0.2, 0.25) is 0 Å². The van der Waals surface area contributed by atoms with Crippen LogP contribution in [0.5, 0.6) is 5.75 Å². The first-order chi connectivity index (χ1) is 11.8. The van der Waals surface area contributed by atoms with E-state index in [-0.39, 0.29) is 0 Å². The van der Waals surface area contributed by atoms with Gasteiger partial charge in [-0.2, -0.15) is 0 Å². The maximum atomic E-state index is 10.3. The third kappa shape index (κ3) is 4.17. The Morgan fingerprint density at radius 2 is 2.12 bits per heavy atom. The summed E-state index contributed by atoms with van der Waals surface area (Å²) in [6.45, 7) is 1.12. The summed E-state index contributed by atoms with van der Waals surface area (Å²) >= 11 is 1.60. The molecule has 3 aromatic rings. The van der Waals surface area contributed by atoms with E-state index in [2.05, 4.69) is 15.3 Å². The molecule has 124 valence electrons. The fourth-order valence-corrected chi connectivity index (χ4v) is 3.15. The molecule has 0 radical (unpaired) electrons. The summed E-state index contributed by atoms with van der Waals surface area (Å²) in [5.74, 6) is 0.744. The molecular formula is C18H19N3O2S. The predicted molar refractivity (Wildman–Crippen MR) is 95.0 cm³/mol. The number of rotatable bonds is 7. The zero-order chi connectivity index (χ0) is 16.8. The van der Waals surface area contributed by atoms with Crippen molar-refractivity contribution < 1.29 is 9.84 Å². The molecule has 0 spiro atoms. The first kappa shape index (κ1) is 16.6. The smallest absolute Gasteiger partial charge is 0.142 e. The second-order valence-electron chi connectivity index (χ2n) is 5.27. The van der Waals surface area contributed by atoms with Gasteiger partial charge in [-0.05, 0) is 29.8 Å². The van der Waals surface area contributed by atoms with Gasteiger partial charge in [-0.1, -0.05) is 18.2 Å². The zero-order valence-electron chi connectivity index (χ0n) is 13.3. The highest BCUT2D eigenvalue weighted by Crippen LogP contribution is 2.23. The van der Waals surface area contributed by atoms with Crippen molar-refractivity contribution in [1.82, 2.24) is 15.3 Å². The summed E-state index contributed by atoms with van der Waals surface area (Å²) in [6.07, 6.45) is 3.03. The fraction of sp³-hybridized carbons (Fsp3) is 0.222. The van der Waals surface area contributed by atoms with Crippen molar-refractivity contribution in [2.24, 2.45) is 0 Å². The number of nitrogens with one attached hydrogen (secondary N) is 1. The molecule has 0 saturated heterocycles. The van der Waals surface area contributed by atoms with Crippen LogP contribution in [0.4, 0.5) is 0 Å². The molecule has 0 fully saturated rings. The first-order valence-corrected chi connectivity index (χ1v) is 8.47. The highest BCUT2D eigenvalue weighted by molar-refractivity contribution is 7.14. The lowest BCUT2D eigenvalue weighted by Crippen LogP contribution is -2.20. The summed E-state index contributed by atoms with van der Waals surface area (Å²) in [5.41, 5.74) is 1.71. The monoisotopic (exact) mass is 341 g/mol. The number of methoxy groups -OCH3 is 1. The second-order valence-corrected chi connectivity index (χ2v) is 6.39. The summed E-state index contributed by atoms with van der Waals surface area (Å²) < 4.78 is 5.18. The molecule has 2 aromatic heterocycles. The van der Waals surface area contributed by atoms with E-state index >= 15 is 0 Å². The van der Waals surface area contributed by atoms with E-state index in [0.717, 1.165) is 26.9 Å². The van der Waals surface area contributed by atoms with E-state index in [1.54, 1.807) is 24.6 Å². The van der Waals surface area contributed by atoms with E-state index in [1.807, 2.05) is 48.7 Å². The van der Waals surface area contributed by atoms with Crippen LogP contribution in [0, 0.1) is 0 Å². The molecule has 5 nitrogen and oxygen atoms in total. The van der Waals surface area contributed by atoms with Crippen LogP contribution >= 0.6 is 11.3 Å². The Morgan fingerprint density at radius 1 is 1.21 bits per heavy atom. The van der Waals surface area contributed by atoms with Gasteiger partial charge in [0.25, 0.3) is 0 Å². The number of benzene rings is 1. The van der Waals surface area contributed by atoms with E-state index in [9.17, 15) is 5.11 Å². The topological polar surface area (TPSA) is 67.3 Å². The third-order valence-corrected chi connectivity index (χ3v) is 4.57. The summed E-state index contributed by atoms with van der Waals surface area (Å²) in [4.78, 5) is 9.81. The molecule has 0 aliphatic carbocycles. The average molecular weight is 341 g/mol. The molecule has 0 aliphatic heterocycles. The van der Waals surface area contributed by atoms with Gasteiger partial charge in [0.1, 0.15) is 10.8 Å². The van der Waals surface area contributed by atoms with Gasteiger partial charge in [-0.3, -0.25) is 4.98 Å². The molecule has 1 atom stereocenters. The van der Waals surface area contributed by atoms with Crippen LogP contribution in [-0.4, -0.2) is 28.7 Å². The quantitative estimate of drug-likeness (QED) is 0.691. The SMILES string of the molecule is COc1cccc(C(O)CNCc2cnc(-c3ccccn3)s2)c1. The molecule has 3 rings (SSSR count). The maximum Gasteiger partial charge on any atom is 0.142 e. The number of ether oxygens (including phenoxy) is 1.